The third-order valence-electron chi connectivity index (χ3n) is 6.17. The molecule has 1 saturated carbocycles. The summed E-state index contributed by atoms with van der Waals surface area (Å²) in [6.45, 7) is 0.244. The number of fused-ring (bicyclic) bond motifs is 1. The average Bonchev–Trinajstić information content (AvgIpc) is 3.56. The predicted molar refractivity (Wildman–Crippen MR) is 110 cm³/mol. The van der Waals surface area contributed by atoms with E-state index < -0.39 is 11.9 Å². The Balaban J connectivity index is 1.33. The van der Waals surface area contributed by atoms with Gasteiger partial charge in [-0.15, -0.1) is 0 Å². The molecule has 2 aliphatic heterocycles. The fourth-order valence-electron chi connectivity index (χ4n) is 4.36. The fraction of sp³-hybridized carbons (Fsp3) is 0.348. The average molecular weight is 418 g/mol. The molecule has 8 nitrogen and oxygen atoms in total. The van der Waals surface area contributed by atoms with Gasteiger partial charge in [0, 0.05) is 30.3 Å². The molecule has 2 fully saturated rings. The van der Waals surface area contributed by atoms with Crippen molar-refractivity contribution >= 4 is 23.6 Å². The minimum absolute atomic E-state index is 0.136. The fourth-order valence-corrected chi connectivity index (χ4v) is 4.36. The van der Waals surface area contributed by atoms with Crippen LogP contribution in [0, 0.1) is 5.92 Å². The quantitative estimate of drug-likeness (QED) is 0.719. The molecule has 2 N–H and O–H groups in total. The molecule has 31 heavy (non-hydrogen) atoms. The molecule has 3 heterocycles. The lowest BCUT2D eigenvalue weighted by Gasteiger charge is -2.29. The highest BCUT2D eigenvalue weighted by Crippen LogP contribution is 2.40. The molecule has 1 aromatic carbocycles. The predicted octanol–water partition coefficient (Wildman–Crippen LogP) is 1.72. The number of carbonyl (C=O) groups is 4. The number of amides is 4. The normalized spacial score (nSPS) is 21.5. The van der Waals surface area contributed by atoms with Crippen molar-refractivity contribution in [2.24, 2.45) is 5.92 Å². The highest BCUT2D eigenvalue weighted by Gasteiger charge is 2.39. The van der Waals surface area contributed by atoms with Crippen LogP contribution in [-0.2, 0) is 16.1 Å². The van der Waals surface area contributed by atoms with Crippen LogP contribution in [0.1, 0.15) is 63.7 Å². The maximum atomic E-state index is 13.0. The van der Waals surface area contributed by atoms with Crippen molar-refractivity contribution in [2.75, 3.05) is 0 Å². The van der Waals surface area contributed by atoms with Crippen molar-refractivity contribution in [1.29, 1.82) is 0 Å². The number of rotatable bonds is 5. The Morgan fingerprint density at radius 1 is 1.13 bits per heavy atom. The van der Waals surface area contributed by atoms with Crippen LogP contribution in [0.3, 0.4) is 0 Å². The molecular weight excluding hydrogens is 396 g/mol. The molecule has 8 heteroatoms. The first-order valence-electron chi connectivity index (χ1n) is 10.5. The number of aromatic nitrogens is 1. The van der Waals surface area contributed by atoms with E-state index in [-0.39, 0.29) is 36.7 Å². The topological polar surface area (TPSA) is 108 Å². The number of nitrogens with one attached hydrogen (secondary N) is 2. The van der Waals surface area contributed by atoms with Gasteiger partial charge in [-0.3, -0.25) is 29.5 Å². The van der Waals surface area contributed by atoms with Gasteiger partial charge in [-0.2, -0.15) is 0 Å². The van der Waals surface area contributed by atoms with Gasteiger partial charge in [0.2, 0.25) is 11.8 Å². The lowest BCUT2D eigenvalue weighted by Crippen LogP contribution is -2.52. The van der Waals surface area contributed by atoms with Crippen molar-refractivity contribution in [3.05, 3.63) is 65.0 Å². The van der Waals surface area contributed by atoms with Crippen molar-refractivity contribution in [3.8, 4) is 0 Å². The Labute approximate surface area is 179 Å². The first-order chi connectivity index (χ1) is 15.0. The van der Waals surface area contributed by atoms with E-state index in [0.717, 1.165) is 18.5 Å². The van der Waals surface area contributed by atoms with E-state index in [4.69, 9.17) is 0 Å². The molecule has 4 amide bonds. The van der Waals surface area contributed by atoms with Crippen LogP contribution in [0.4, 0.5) is 0 Å². The zero-order valence-corrected chi connectivity index (χ0v) is 16.8. The van der Waals surface area contributed by atoms with Crippen molar-refractivity contribution in [2.45, 2.75) is 44.3 Å². The standard InChI is InChI=1S/C23H22N4O4/c28-19-9-8-18(22(30)25-19)27-12-15-11-14(6-7-16(15)23(27)31)21(29)26-20(13-4-5-13)17-3-1-2-10-24-17/h1-3,6-7,10-11,13,18,20H,4-5,8-9,12H2,(H,26,29)(H,25,28,30)/t18?,20-/m1/s1. The first-order valence-corrected chi connectivity index (χ1v) is 10.5. The second kappa shape index (κ2) is 7.61. The second-order valence-corrected chi connectivity index (χ2v) is 8.32. The van der Waals surface area contributed by atoms with Gasteiger partial charge in [0.25, 0.3) is 11.8 Å². The minimum Gasteiger partial charge on any atom is -0.343 e. The Morgan fingerprint density at radius 2 is 1.97 bits per heavy atom. The summed E-state index contributed by atoms with van der Waals surface area (Å²) in [7, 11) is 0. The number of hydrogen-bond acceptors (Lipinski definition) is 5. The lowest BCUT2D eigenvalue weighted by molar-refractivity contribution is -0.136. The summed E-state index contributed by atoms with van der Waals surface area (Å²) in [6.07, 6.45) is 4.36. The number of hydrogen-bond donors (Lipinski definition) is 2. The van der Waals surface area contributed by atoms with E-state index in [2.05, 4.69) is 15.6 Å². The van der Waals surface area contributed by atoms with Crippen molar-refractivity contribution < 1.29 is 19.2 Å². The smallest absolute Gasteiger partial charge is 0.255 e. The molecule has 0 bridgehead atoms. The summed E-state index contributed by atoms with van der Waals surface area (Å²) in [5.41, 5.74) is 2.52. The minimum atomic E-state index is -0.668. The van der Waals surface area contributed by atoms with E-state index in [1.54, 1.807) is 24.4 Å². The number of nitrogens with zero attached hydrogens (tertiary/aromatic N) is 2. The molecule has 2 atom stereocenters. The third-order valence-corrected chi connectivity index (χ3v) is 6.17. The first kappa shape index (κ1) is 19.4. The van der Waals surface area contributed by atoms with E-state index >= 15 is 0 Å². The lowest BCUT2D eigenvalue weighted by atomic mass is 10.0. The van der Waals surface area contributed by atoms with Gasteiger partial charge in [-0.25, -0.2) is 0 Å². The van der Waals surface area contributed by atoms with Gasteiger partial charge < -0.3 is 10.2 Å². The van der Waals surface area contributed by atoms with Crippen LogP contribution < -0.4 is 10.6 Å². The van der Waals surface area contributed by atoms with Gasteiger partial charge in [0.15, 0.2) is 0 Å². The molecule has 1 unspecified atom stereocenters. The molecule has 5 rings (SSSR count). The Bertz CT molecular complexity index is 1080. The van der Waals surface area contributed by atoms with Gasteiger partial charge >= 0.3 is 0 Å². The maximum Gasteiger partial charge on any atom is 0.255 e. The Kier molecular flexibility index (Phi) is 4.77. The monoisotopic (exact) mass is 418 g/mol. The van der Waals surface area contributed by atoms with Crippen LogP contribution in [0.25, 0.3) is 0 Å². The Morgan fingerprint density at radius 3 is 2.68 bits per heavy atom. The van der Waals surface area contributed by atoms with Crippen molar-refractivity contribution in [3.63, 3.8) is 0 Å². The Hall–Kier alpha value is -3.55. The molecule has 1 saturated heterocycles. The summed E-state index contributed by atoms with van der Waals surface area (Å²) in [4.78, 5) is 55.3. The third kappa shape index (κ3) is 3.69. The molecule has 2 aromatic rings. The molecule has 158 valence electrons. The molecule has 1 aromatic heterocycles. The van der Waals surface area contributed by atoms with Crippen LogP contribution in [0.5, 0.6) is 0 Å². The largest absolute Gasteiger partial charge is 0.343 e. The van der Waals surface area contributed by atoms with E-state index in [1.807, 2.05) is 18.2 Å². The SMILES string of the molecule is O=C1CCC(N2Cc3cc(C(=O)N[C@@H](c4ccccn4)C4CC4)ccc3C2=O)C(=O)N1. The second-order valence-electron chi connectivity index (χ2n) is 8.32. The molecule has 0 spiro atoms. The molecular formula is C23H22N4O4. The van der Waals surface area contributed by atoms with E-state index in [9.17, 15) is 19.2 Å². The van der Waals surface area contributed by atoms with E-state index in [0.29, 0.717) is 29.0 Å². The molecule has 0 radical (unpaired) electrons. The zero-order valence-electron chi connectivity index (χ0n) is 16.8. The van der Waals surface area contributed by atoms with Crippen LogP contribution in [-0.4, -0.2) is 39.6 Å². The van der Waals surface area contributed by atoms with Gasteiger partial charge in [-0.05, 0) is 61.1 Å². The van der Waals surface area contributed by atoms with Gasteiger partial charge in [0.1, 0.15) is 6.04 Å². The molecule has 3 aliphatic rings. The summed E-state index contributed by atoms with van der Waals surface area (Å²) < 4.78 is 0. The summed E-state index contributed by atoms with van der Waals surface area (Å²) in [6, 6.07) is 9.88. The van der Waals surface area contributed by atoms with Crippen LogP contribution in [0.2, 0.25) is 0 Å². The molecule has 1 aliphatic carbocycles. The summed E-state index contributed by atoms with van der Waals surface area (Å²) in [5.74, 6) is -0.837. The van der Waals surface area contributed by atoms with Gasteiger partial charge in [0.05, 0.1) is 11.7 Å². The summed E-state index contributed by atoms with van der Waals surface area (Å²) >= 11 is 0. The zero-order chi connectivity index (χ0) is 21.5. The maximum absolute atomic E-state index is 13.0. The highest BCUT2D eigenvalue weighted by atomic mass is 16.2. The van der Waals surface area contributed by atoms with Crippen molar-refractivity contribution in [1.82, 2.24) is 20.5 Å². The van der Waals surface area contributed by atoms with Crippen LogP contribution >= 0.6 is 0 Å². The highest BCUT2D eigenvalue weighted by molar-refractivity contribution is 6.06. The number of carbonyl (C=O) groups excluding carboxylic acids is 4. The summed E-state index contributed by atoms with van der Waals surface area (Å²) in [5, 5.41) is 5.39. The number of piperidine rings is 1. The number of imide groups is 1. The van der Waals surface area contributed by atoms with Crippen LogP contribution in [0.15, 0.2) is 42.6 Å². The number of benzene rings is 1. The van der Waals surface area contributed by atoms with Gasteiger partial charge in [-0.1, -0.05) is 6.07 Å². The van der Waals surface area contributed by atoms with E-state index in [1.165, 1.54) is 4.90 Å². The number of pyridine rings is 1.